The SMILES string of the molecule is CCNC1CCCC1c1c(OC)cnn1C(C)C. The van der Waals surface area contributed by atoms with E-state index < -0.39 is 0 Å². The minimum atomic E-state index is 0.381. The van der Waals surface area contributed by atoms with Crippen molar-refractivity contribution < 1.29 is 4.74 Å². The second-order valence-electron chi connectivity index (χ2n) is 5.34. The Morgan fingerprint density at radius 1 is 1.50 bits per heavy atom. The molecule has 0 radical (unpaired) electrons. The minimum absolute atomic E-state index is 0.381. The maximum absolute atomic E-state index is 5.50. The summed E-state index contributed by atoms with van der Waals surface area (Å²) in [6, 6.07) is 0.949. The van der Waals surface area contributed by atoms with Crippen LogP contribution in [0.15, 0.2) is 6.20 Å². The van der Waals surface area contributed by atoms with Crippen molar-refractivity contribution >= 4 is 0 Å². The van der Waals surface area contributed by atoms with Crippen LogP contribution < -0.4 is 10.1 Å². The summed E-state index contributed by atoms with van der Waals surface area (Å²) in [6.07, 6.45) is 5.63. The molecule has 2 unspecified atom stereocenters. The van der Waals surface area contributed by atoms with Gasteiger partial charge in [0.25, 0.3) is 0 Å². The average Bonchev–Trinajstić information content (AvgIpc) is 2.93. The molecular formula is C14H25N3O. The lowest BCUT2D eigenvalue weighted by Gasteiger charge is -2.23. The molecule has 1 aromatic rings. The van der Waals surface area contributed by atoms with Gasteiger partial charge in [-0.05, 0) is 33.2 Å². The summed E-state index contributed by atoms with van der Waals surface area (Å²) in [5.41, 5.74) is 1.27. The van der Waals surface area contributed by atoms with Crippen LogP contribution in [-0.2, 0) is 0 Å². The Balaban J connectivity index is 2.32. The number of hydrogen-bond donors (Lipinski definition) is 1. The Morgan fingerprint density at radius 2 is 2.28 bits per heavy atom. The van der Waals surface area contributed by atoms with Crippen LogP contribution in [0.25, 0.3) is 0 Å². The van der Waals surface area contributed by atoms with Crippen molar-refractivity contribution in [2.45, 2.75) is 58.0 Å². The largest absolute Gasteiger partial charge is 0.493 e. The number of nitrogens with zero attached hydrogens (tertiary/aromatic N) is 2. The van der Waals surface area contributed by atoms with Gasteiger partial charge in [0.05, 0.1) is 19.0 Å². The molecule has 1 aliphatic carbocycles. The molecule has 4 heteroatoms. The van der Waals surface area contributed by atoms with Crippen molar-refractivity contribution in [2.75, 3.05) is 13.7 Å². The fraction of sp³-hybridized carbons (Fsp3) is 0.786. The average molecular weight is 251 g/mol. The fourth-order valence-electron chi connectivity index (χ4n) is 3.07. The predicted octanol–water partition coefficient (Wildman–Crippen LogP) is 2.72. The molecule has 102 valence electrons. The van der Waals surface area contributed by atoms with Crippen molar-refractivity contribution in [3.8, 4) is 5.75 Å². The van der Waals surface area contributed by atoms with Crippen LogP contribution in [0.1, 0.15) is 57.7 Å². The summed E-state index contributed by atoms with van der Waals surface area (Å²) in [5, 5.41) is 8.09. The summed E-state index contributed by atoms with van der Waals surface area (Å²) < 4.78 is 7.63. The minimum Gasteiger partial charge on any atom is -0.493 e. The number of rotatable bonds is 5. The van der Waals surface area contributed by atoms with E-state index in [0.29, 0.717) is 18.0 Å². The maximum Gasteiger partial charge on any atom is 0.160 e. The van der Waals surface area contributed by atoms with Crippen molar-refractivity contribution in [3.05, 3.63) is 11.9 Å². The molecular weight excluding hydrogens is 226 g/mol. The van der Waals surface area contributed by atoms with Crippen LogP contribution in [0.4, 0.5) is 0 Å². The number of ether oxygens (including phenoxy) is 1. The van der Waals surface area contributed by atoms with Gasteiger partial charge in [-0.15, -0.1) is 0 Å². The fourth-order valence-corrected chi connectivity index (χ4v) is 3.07. The molecule has 18 heavy (non-hydrogen) atoms. The lowest BCUT2D eigenvalue weighted by atomic mass is 9.98. The van der Waals surface area contributed by atoms with E-state index in [0.717, 1.165) is 12.3 Å². The van der Waals surface area contributed by atoms with Crippen LogP contribution in [0.2, 0.25) is 0 Å². The van der Waals surface area contributed by atoms with Gasteiger partial charge in [0.1, 0.15) is 0 Å². The third-order valence-corrected chi connectivity index (χ3v) is 3.84. The quantitative estimate of drug-likeness (QED) is 0.874. The van der Waals surface area contributed by atoms with Crippen molar-refractivity contribution in [3.63, 3.8) is 0 Å². The highest BCUT2D eigenvalue weighted by Gasteiger charge is 2.33. The molecule has 0 spiro atoms. The van der Waals surface area contributed by atoms with E-state index in [9.17, 15) is 0 Å². The Kier molecular flexibility index (Phi) is 4.27. The molecule has 0 amide bonds. The van der Waals surface area contributed by atoms with Crippen LogP contribution >= 0.6 is 0 Å². The highest BCUT2D eigenvalue weighted by Crippen LogP contribution is 2.39. The van der Waals surface area contributed by atoms with Gasteiger partial charge in [-0.1, -0.05) is 13.3 Å². The summed E-state index contributed by atoms with van der Waals surface area (Å²) >= 11 is 0. The van der Waals surface area contributed by atoms with E-state index in [1.54, 1.807) is 7.11 Å². The molecule has 2 atom stereocenters. The Bertz CT molecular complexity index is 386. The normalized spacial score (nSPS) is 23.8. The first-order valence-corrected chi connectivity index (χ1v) is 7.03. The molecule has 0 aromatic carbocycles. The monoisotopic (exact) mass is 251 g/mol. The zero-order valence-electron chi connectivity index (χ0n) is 11.9. The first-order chi connectivity index (χ1) is 8.69. The number of likely N-dealkylation sites (N-methyl/N-ethyl adjacent to an activating group) is 1. The van der Waals surface area contributed by atoms with Gasteiger partial charge in [-0.25, -0.2) is 0 Å². The van der Waals surface area contributed by atoms with Gasteiger partial charge in [0, 0.05) is 18.0 Å². The maximum atomic E-state index is 5.50. The smallest absolute Gasteiger partial charge is 0.160 e. The summed E-state index contributed by atoms with van der Waals surface area (Å²) in [6.45, 7) is 7.55. The summed E-state index contributed by atoms with van der Waals surface area (Å²) in [4.78, 5) is 0. The van der Waals surface area contributed by atoms with E-state index >= 15 is 0 Å². The molecule has 1 heterocycles. The van der Waals surface area contributed by atoms with Gasteiger partial charge in [0.2, 0.25) is 0 Å². The van der Waals surface area contributed by atoms with E-state index in [1.165, 1.54) is 25.0 Å². The molecule has 4 nitrogen and oxygen atoms in total. The van der Waals surface area contributed by atoms with Crippen LogP contribution in [-0.4, -0.2) is 29.5 Å². The molecule has 0 saturated heterocycles. The first-order valence-electron chi connectivity index (χ1n) is 7.03. The van der Waals surface area contributed by atoms with Crippen LogP contribution in [0, 0.1) is 0 Å². The Morgan fingerprint density at radius 3 is 2.89 bits per heavy atom. The molecule has 1 saturated carbocycles. The second-order valence-corrected chi connectivity index (χ2v) is 5.34. The zero-order valence-corrected chi connectivity index (χ0v) is 11.9. The van der Waals surface area contributed by atoms with Crippen molar-refractivity contribution in [1.82, 2.24) is 15.1 Å². The third-order valence-electron chi connectivity index (χ3n) is 3.84. The van der Waals surface area contributed by atoms with Gasteiger partial charge in [-0.2, -0.15) is 5.10 Å². The number of nitrogens with one attached hydrogen (secondary N) is 1. The molecule has 1 aliphatic rings. The van der Waals surface area contributed by atoms with Crippen LogP contribution in [0.5, 0.6) is 5.75 Å². The lowest BCUT2D eigenvalue weighted by molar-refractivity contribution is 0.382. The van der Waals surface area contributed by atoms with Gasteiger partial charge < -0.3 is 10.1 Å². The van der Waals surface area contributed by atoms with Crippen LogP contribution in [0.3, 0.4) is 0 Å². The third kappa shape index (κ3) is 2.39. The van der Waals surface area contributed by atoms with Crippen molar-refractivity contribution in [1.29, 1.82) is 0 Å². The lowest BCUT2D eigenvalue weighted by Crippen LogP contribution is -2.32. The number of hydrogen-bond acceptors (Lipinski definition) is 3. The number of aromatic nitrogens is 2. The van der Waals surface area contributed by atoms with Crippen molar-refractivity contribution in [2.24, 2.45) is 0 Å². The topological polar surface area (TPSA) is 39.1 Å². The highest BCUT2D eigenvalue weighted by molar-refractivity contribution is 5.31. The number of methoxy groups -OCH3 is 1. The molecule has 0 bridgehead atoms. The molecule has 2 rings (SSSR count). The molecule has 1 N–H and O–H groups in total. The standard InChI is InChI=1S/C14H25N3O/c1-5-15-12-8-6-7-11(12)14-13(18-4)9-16-17(14)10(2)3/h9-12,15H,5-8H2,1-4H3. The molecule has 0 aliphatic heterocycles. The van der Waals surface area contributed by atoms with E-state index in [1.807, 2.05) is 6.20 Å². The van der Waals surface area contributed by atoms with Gasteiger partial charge in [0.15, 0.2) is 5.75 Å². The first kappa shape index (κ1) is 13.4. The Labute approximate surface area is 110 Å². The highest BCUT2D eigenvalue weighted by atomic mass is 16.5. The molecule has 1 aromatic heterocycles. The van der Waals surface area contributed by atoms with E-state index in [2.05, 4.69) is 35.9 Å². The van der Waals surface area contributed by atoms with E-state index in [4.69, 9.17) is 4.74 Å². The Hall–Kier alpha value is -1.03. The van der Waals surface area contributed by atoms with E-state index in [-0.39, 0.29) is 0 Å². The summed E-state index contributed by atoms with van der Waals surface area (Å²) in [7, 11) is 1.74. The van der Waals surface area contributed by atoms with Gasteiger partial charge in [-0.3, -0.25) is 4.68 Å². The predicted molar refractivity (Wildman–Crippen MR) is 73.2 cm³/mol. The van der Waals surface area contributed by atoms with Gasteiger partial charge >= 0.3 is 0 Å². The second kappa shape index (κ2) is 5.74. The summed E-state index contributed by atoms with van der Waals surface area (Å²) in [5.74, 6) is 1.48. The zero-order chi connectivity index (χ0) is 13.1. The molecule has 1 fully saturated rings.